The standard InChI is InChI=1S/C24H54N4.2BrH/c1-11-27(12-2,23(5,6)7)21-19-25-15-17-26(18-16-25)20-22-28(13-3,14-4)24(8,9)10;;/h11-22H2,1-10H3;2*1H/q+2;;/p-2. The average molecular weight is 559 g/mol. The van der Waals surface area contributed by atoms with Crippen LogP contribution in [0, 0.1) is 0 Å². The summed E-state index contributed by atoms with van der Waals surface area (Å²) in [6.45, 7) is 38.9. The first-order valence-electron chi connectivity index (χ1n) is 12.1. The lowest BCUT2D eigenvalue weighted by atomic mass is 10.0. The second kappa shape index (κ2) is 13.5. The third-order valence-electron chi connectivity index (χ3n) is 8.42. The molecule has 0 aliphatic carbocycles. The van der Waals surface area contributed by atoms with E-state index in [-0.39, 0.29) is 34.0 Å². The quantitative estimate of drug-likeness (QED) is 0.285. The third-order valence-corrected chi connectivity index (χ3v) is 8.42. The van der Waals surface area contributed by atoms with Gasteiger partial charge in [0.1, 0.15) is 0 Å². The van der Waals surface area contributed by atoms with Gasteiger partial charge in [0.15, 0.2) is 0 Å². The molecule has 0 spiro atoms. The largest absolute Gasteiger partial charge is 1.00 e. The zero-order chi connectivity index (χ0) is 21.6. The predicted molar refractivity (Wildman–Crippen MR) is 125 cm³/mol. The summed E-state index contributed by atoms with van der Waals surface area (Å²) < 4.78 is 2.46. The SMILES string of the molecule is CC[N+](CC)(CCN1CCN(CC[N+](CC)(CC)C(C)(C)C)CC1)C(C)(C)C.[Br-].[Br-]. The van der Waals surface area contributed by atoms with E-state index in [9.17, 15) is 0 Å². The molecule has 0 aromatic carbocycles. The lowest BCUT2D eigenvalue weighted by molar-refractivity contribution is -0.967. The van der Waals surface area contributed by atoms with Crippen LogP contribution in [0.15, 0.2) is 0 Å². The molecule has 1 rings (SSSR count). The van der Waals surface area contributed by atoms with Crippen LogP contribution in [0.3, 0.4) is 0 Å². The summed E-state index contributed by atoms with van der Waals surface area (Å²) >= 11 is 0. The van der Waals surface area contributed by atoms with Gasteiger partial charge >= 0.3 is 0 Å². The highest BCUT2D eigenvalue weighted by molar-refractivity contribution is 4.74. The lowest BCUT2D eigenvalue weighted by Crippen LogP contribution is -3.00. The topological polar surface area (TPSA) is 6.48 Å². The highest BCUT2D eigenvalue weighted by atomic mass is 79.9. The second-order valence-electron chi connectivity index (χ2n) is 11.0. The van der Waals surface area contributed by atoms with Crippen molar-refractivity contribution in [2.24, 2.45) is 0 Å². The van der Waals surface area contributed by atoms with Gasteiger partial charge in [-0.2, -0.15) is 0 Å². The molecule has 0 radical (unpaired) electrons. The van der Waals surface area contributed by atoms with Crippen LogP contribution >= 0.6 is 0 Å². The van der Waals surface area contributed by atoms with E-state index >= 15 is 0 Å². The van der Waals surface area contributed by atoms with Crippen LogP contribution < -0.4 is 34.0 Å². The number of hydrogen-bond acceptors (Lipinski definition) is 2. The Bertz CT molecular complexity index is 399. The van der Waals surface area contributed by atoms with Crippen molar-refractivity contribution in [1.82, 2.24) is 9.80 Å². The molecule has 1 heterocycles. The second-order valence-corrected chi connectivity index (χ2v) is 11.0. The molecule has 0 saturated carbocycles. The van der Waals surface area contributed by atoms with Crippen molar-refractivity contribution < 1.29 is 42.9 Å². The molecule has 1 aliphatic rings. The Morgan fingerprint density at radius 1 is 0.533 bits per heavy atom. The maximum atomic E-state index is 2.71. The fourth-order valence-electron chi connectivity index (χ4n) is 5.55. The van der Waals surface area contributed by atoms with Crippen molar-refractivity contribution in [1.29, 1.82) is 0 Å². The highest BCUT2D eigenvalue weighted by Gasteiger charge is 2.38. The van der Waals surface area contributed by atoms with Crippen LogP contribution in [0.2, 0.25) is 0 Å². The number of piperazine rings is 1. The molecule has 4 nitrogen and oxygen atoms in total. The summed E-state index contributed by atoms with van der Waals surface area (Å²) in [7, 11) is 0. The Morgan fingerprint density at radius 3 is 0.933 bits per heavy atom. The van der Waals surface area contributed by atoms with Gasteiger partial charge in [-0.05, 0) is 69.2 Å². The van der Waals surface area contributed by atoms with Gasteiger partial charge < -0.3 is 42.9 Å². The van der Waals surface area contributed by atoms with Gasteiger partial charge in [0.2, 0.25) is 0 Å². The summed E-state index contributed by atoms with van der Waals surface area (Å²) in [6.07, 6.45) is 0. The average Bonchev–Trinajstić information content (AvgIpc) is 2.63. The molecule has 0 bridgehead atoms. The maximum Gasteiger partial charge on any atom is 0.0919 e. The van der Waals surface area contributed by atoms with Crippen LogP contribution in [0.1, 0.15) is 69.2 Å². The monoisotopic (exact) mass is 556 g/mol. The van der Waals surface area contributed by atoms with Crippen LogP contribution in [0.25, 0.3) is 0 Å². The van der Waals surface area contributed by atoms with Gasteiger partial charge in [-0.3, -0.25) is 9.80 Å². The van der Waals surface area contributed by atoms with Crippen molar-refractivity contribution in [3.63, 3.8) is 0 Å². The van der Waals surface area contributed by atoms with E-state index in [0.29, 0.717) is 11.1 Å². The molecule has 30 heavy (non-hydrogen) atoms. The number of hydrogen-bond donors (Lipinski definition) is 0. The number of rotatable bonds is 10. The molecular weight excluding hydrogens is 504 g/mol. The van der Waals surface area contributed by atoms with Crippen molar-refractivity contribution in [2.75, 3.05) is 78.5 Å². The zero-order valence-electron chi connectivity index (χ0n) is 22.0. The Kier molecular flexibility index (Phi) is 14.8. The zero-order valence-corrected chi connectivity index (χ0v) is 25.2. The summed E-state index contributed by atoms with van der Waals surface area (Å²) in [5.74, 6) is 0. The predicted octanol–water partition coefficient (Wildman–Crippen LogP) is -2.08. The molecule has 1 fully saturated rings. The fraction of sp³-hybridized carbons (Fsp3) is 1.00. The molecule has 0 unspecified atom stereocenters. The van der Waals surface area contributed by atoms with Crippen LogP contribution in [-0.4, -0.2) is 108 Å². The van der Waals surface area contributed by atoms with Crippen molar-refractivity contribution in [2.45, 2.75) is 80.3 Å². The summed E-state index contributed by atoms with van der Waals surface area (Å²) in [4.78, 5) is 5.43. The van der Waals surface area contributed by atoms with E-state index in [4.69, 9.17) is 0 Å². The minimum atomic E-state index is 0. The number of halogens is 2. The Labute approximate surface area is 211 Å². The van der Waals surface area contributed by atoms with Gasteiger partial charge in [0.25, 0.3) is 0 Å². The van der Waals surface area contributed by atoms with Gasteiger partial charge in [-0.1, -0.05) is 0 Å². The van der Waals surface area contributed by atoms with Gasteiger partial charge in [-0.25, -0.2) is 0 Å². The van der Waals surface area contributed by atoms with Crippen molar-refractivity contribution in [3.8, 4) is 0 Å². The maximum absolute atomic E-state index is 2.71. The molecular formula is C24H54Br2N4. The summed E-state index contributed by atoms with van der Waals surface area (Å²) in [5.41, 5.74) is 0.666. The van der Waals surface area contributed by atoms with Gasteiger partial charge in [-0.15, -0.1) is 0 Å². The summed E-state index contributed by atoms with van der Waals surface area (Å²) in [5, 5.41) is 0. The van der Waals surface area contributed by atoms with Crippen LogP contribution in [-0.2, 0) is 0 Å². The van der Waals surface area contributed by atoms with E-state index in [1.807, 2.05) is 0 Å². The molecule has 0 N–H and O–H groups in total. The molecule has 184 valence electrons. The smallest absolute Gasteiger partial charge is 0.0919 e. The third kappa shape index (κ3) is 7.98. The highest BCUT2D eigenvalue weighted by Crippen LogP contribution is 2.25. The molecule has 0 amide bonds. The lowest BCUT2D eigenvalue weighted by Gasteiger charge is -2.50. The molecule has 1 aliphatic heterocycles. The Hall–Kier alpha value is 0.800. The van der Waals surface area contributed by atoms with Crippen LogP contribution in [0.4, 0.5) is 0 Å². The molecule has 0 aromatic rings. The van der Waals surface area contributed by atoms with E-state index in [2.05, 4.69) is 79.0 Å². The van der Waals surface area contributed by atoms with E-state index in [0.717, 1.165) is 0 Å². The molecule has 0 atom stereocenters. The number of nitrogens with zero attached hydrogens (tertiary/aromatic N) is 4. The normalized spacial score (nSPS) is 17.4. The van der Waals surface area contributed by atoms with Crippen LogP contribution in [0.5, 0.6) is 0 Å². The first kappa shape index (κ1) is 33.0. The minimum absolute atomic E-state index is 0. The van der Waals surface area contributed by atoms with E-state index in [1.54, 1.807) is 0 Å². The molecule has 0 aromatic heterocycles. The molecule has 6 heteroatoms. The van der Waals surface area contributed by atoms with Gasteiger partial charge in [0, 0.05) is 39.3 Å². The first-order chi connectivity index (χ1) is 12.9. The van der Waals surface area contributed by atoms with Gasteiger partial charge in [0.05, 0.1) is 50.3 Å². The number of quaternary nitrogens is 2. The molecule has 1 saturated heterocycles. The first-order valence-corrected chi connectivity index (χ1v) is 12.1. The van der Waals surface area contributed by atoms with Crippen molar-refractivity contribution in [3.05, 3.63) is 0 Å². The summed E-state index contributed by atoms with van der Waals surface area (Å²) in [6, 6.07) is 0. The Balaban J connectivity index is 0. The van der Waals surface area contributed by atoms with Crippen molar-refractivity contribution >= 4 is 0 Å². The fourth-order valence-corrected chi connectivity index (χ4v) is 5.55. The number of likely N-dealkylation sites (N-methyl/N-ethyl adjacent to an activating group) is 2. The van der Waals surface area contributed by atoms with E-state index in [1.165, 1.54) is 87.5 Å². The minimum Gasteiger partial charge on any atom is -1.00 e. The van der Waals surface area contributed by atoms with E-state index < -0.39 is 0 Å². The Morgan fingerprint density at radius 2 is 0.767 bits per heavy atom.